The van der Waals surface area contributed by atoms with E-state index in [4.69, 9.17) is 4.52 Å². The number of unbranched alkanes of at least 4 members (excludes halogenated alkanes) is 4. The minimum Gasteiger partial charge on any atom is -0.146 e. The summed E-state index contributed by atoms with van der Waals surface area (Å²) in [4.78, 5) is 0. The van der Waals surface area contributed by atoms with E-state index >= 15 is 0 Å². The molecule has 0 aliphatic heterocycles. The van der Waals surface area contributed by atoms with Gasteiger partial charge in [-0.2, -0.15) is 0 Å². The van der Waals surface area contributed by atoms with Crippen LogP contribution in [-0.4, -0.2) is 12.8 Å². The van der Waals surface area contributed by atoms with E-state index in [0.717, 1.165) is 25.4 Å². The van der Waals surface area contributed by atoms with E-state index in [1.54, 1.807) is 0 Å². The van der Waals surface area contributed by atoms with Gasteiger partial charge < -0.3 is 0 Å². The zero-order valence-electron chi connectivity index (χ0n) is 8.92. The summed E-state index contributed by atoms with van der Waals surface area (Å²) in [7, 11) is -1.36. The van der Waals surface area contributed by atoms with Gasteiger partial charge in [0.25, 0.3) is 0 Å². The van der Waals surface area contributed by atoms with Crippen LogP contribution in [0.1, 0.15) is 52.4 Å². The Morgan fingerprint density at radius 3 is 2.31 bits per heavy atom. The molecule has 0 rings (SSSR count). The molecule has 1 atom stereocenters. The van der Waals surface area contributed by atoms with E-state index in [1.807, 2.05) is 0 Å². The fourth-order valence-electron chi connectivity index (χ4n) is 1.05. The zero-order valence-corrected chi connectivity index (χ0v) is 9.81. The highest BCUT2D eigenvalue weighted by Crippen LogP contribution is 2.23. The van der Waals surface area contributed by atoms with Gasteiger partial charge in [0.05, 0.1) is 0 Å². The Hall–Kier alpha value is 0.0600. The van der Waals surface area contributed by atoms with Crippen LogP contribution in [0.2, 0.25) is 0 Å². The summed E-state index contributed by atoms with van der Waals surface area (Å²) < 4.78 is 16.4. The molecule has 0 spiro atoms. The molecule has 0 heterocycles. The van der Waals surface area contributed by atoms with Gasteiger partial charge in [-0.15, -0.1) is 4.52 Å². The van der Waals surface area contributed by atoms with Crippen molar-refractivity contribution in [3.05, 3.63) is 0 Å². The second-order valence-electron chi connectivity index (χ2n) is 3.30. The second-order valence-corrected chi connectivity index (χ2v) is 4.67. The van der Waals surface area contributed by atoms with Crippen molar-refractivity contribution in [2.45, 2.75) is 52.4 Å². The Balaban J connectivity index is 3.08. The molecule has 0 bridgehead atoms. The van der Waals surface area contributed by atoms with Gasteiger partial charge >= 0.3 is 8.03 Å². The summed E-state index contributed by atoms with van der Waals surface area (Å²) in [6.07, 6.45) is 7.61. The first-order valence-electron chi connectivity index (χ1n) is 5.38. The van der Waals surface area contributed by atoms with Gasteiger partial charge in [0.15, 0.2) is 6.16 Å². The van der Waals surface area contributed by atoms with Crippen LogP contribution >= 0.6 is 8.03 Å². The summed E-state index contributed by atoms with van der Waals surface area (Å²) in [5.41, 5.74) is 0. The Bertz CT molecular complexity index is 126. The monoisotopic (exact) mass is 205 g/mol. The first-order chi connectivity index (χ1) is 6.31. The van der Waals surface area contributed by atoms with E-state index in [-0.39, 0.29) is 0 Å². The maximum atomic E-state index is 11.2. The molecular weight excluding hydrogens is 183 g/mol. The third-order valence-electron chi connectivity index (χ3n) is 1.93. The van der Waals surface area contributed by atoms with Gasteiger partial charge in [-0.3, -0.25) is 0 Å². The lowest BCUT2D eigenvalue weighted by molar-refractivity contribution is 0.316. The predicted octanol–water partition coefficient (Wildman–Crippen LogP) is 4.13. The van der Waals surface area contributed by atoms with Crippen molar-refractivity contribution >= 4 is 8.03 Å². The maximum absolute atomic E-state index is 11.2. The zero-order chi connectivity index (χ0) is 9.94. The second kappa shape index (κ2) is 10.1. The molecule has 2 nitrogen and oxygen atoms in total. The van der Waals surface area contributed by atoms with Gasteiger partial charge in [0.2, 0.25) is 0 Å². The normalized spacial score (nSPS) is 11.7. The molecule has 0 aromatic heterocycles. The molecule has 0 radical (unpaired) electrons. The molecule has 0 aliphatic carbocycles. The van der Waals surface area contributed by atoms with Crippen molar-refractivity contribution in [2.75, 3.05) is 12.8 Å². The number of rotatable bonds is 9. The quantitative estimate of drug-likeness (QED) is 0.418. The lowest BCUT2D eigenvalue weighted by atomic mass is 10.2. The molecule has 13 heavy (non-hydrogen) atoms. The summed E-state index contributed by atoms with van der Waals surface area (Å²) in [6.45, 7) is 4.96. The van der Waals surface area contributed by atoms with E-state index in [0.29, 0.717) is 6.61 Å². The molecule has 0 aromatic rings. The standard InChI is InChI=1S/C10H22O2P/c1-3-5-7-8-9-12-13(11)10-6-4-2/h3-10H2,1-2H3/q+1. The maximum Gasteiger partial charge on any atom is 0.508 e. The minimum atomic E-state index is -1.36. The molecular formula is C10H22O2P+. The van der Waals surface area contributed by atoms with Crippen molar-refractivity contribution in [1.29, 1.82) is 0 Å². The SMILES string of the molecule is CCCCCCO[P+](=O)CCCC. The van der Waals surface area contributed by atoms with E-state index in [9.17, 15) is 4.57 Å². The van der Waals surface area contributed by atoms with Gasteiger partial charge in [0.1, 0.15) is 6.61 Å². The molecule has 3 heteroatoms. The highest BCUT2D eigenvalue weighted by atomic mass is 31.1. The van der Waals surface area contributed by atoms with Crippen LogP contribution in [0, 0.1) is 0 Å². The summed E-state index contributed by atoms with van der Waals surface area (Å²) in [6, 6.07) is 0. The smallest absolute Gasteiger partial charge is 0.146 e. The molecule has 0 saturated carbocycles. The third kappa shape index (κ3) is 9.98. The summed E-state index contributed by atoms with van der Waals surface area (Å²) >= 11 is 0. The lowest BCUT2D eigenvalue weighted by Crippen LogP contribution is -1.89. The van der Waals surface area contributed by atoms with E-state index in [2.05, 4.69) is 13.8 Å². The van der Waals surface area contributed by atoms with Crippen molar-refractivity contribution < 1.29 is 9.09 Å². The molecule has 0 amide bonds. The fourth-order valence-corrected chi connectivity index (χ4v) is 2.08. The fraction of sp³-hybridized carbons (Fsp3) is 1.00. The summed E-state index contributed by atoms with van der Waals surface area (Å²) in [5.74, 6) is 0. The molecule has 0 aliphatic rings. The molecule has 0 N–H and O–H groups in total. The van der Waals surface area contributed by atoms with Crippen molar-refractivity contribution in [3.8, 4) is 0 Å². The average Bonchev–Trinajstić information content (AvgIpc) is 2.14. The highest BCUT2D eigenvalue weighted by Gasteiger charge is 2.14. The molecule has 0 fully saturated rings. The van der Waals surface area contributed by atoms with Crippen LogP contribution in [0.3, 0.4) is 0 Å². The highest BCUT2D eigenvalue weighted by molar-refractivity contribution is 7.39. The summed E-state index contributed by atoms with van der Waals surface area (Å²) in [5, 5.41) is 0. The Kier molecular flexibility index (Phi) is 10.2. The first kappa shape index (κ1) is 13.1. The van der Waals surface area contributed by atoms with Crippen LogP contribution in [-0.2, 0) is 9.09 Å². The number of hydrogen-bond donors (Lipinski definition) is 0. The van der Waals surface area contributed by atoms with Crippen molar-refractivity contribution in [1.82, 2.24) is 0 Å². The Morgan fingerprint density at radius 1 is 1.00 bits per heavy atom. The average molecular weight is 205 g/mol. The van der Waals surface area contributed by atoms with Crippen LogP contribution in [0.25, 0.3) is 0 Å². The van der Waals surface area contributed by atoms with Gasteiger partial charge in [-0.05, 0) is 17.4 Å². The van der Waals surface area contributed by atoms with Crippen LogP contribution < -0.4 is 0 Å². The number of hydrogen-bond acceptors (Lipinski definition) is 2. The van der Waals surface area contributed by atoms with Gasteiger partial charge in [-0.1, -0.05) is 39.5 Å². The van der Waals surface area contributed by atoms with Crippen molar-refractivity contribution in [3.63, 3.8) is 0 Å². The largest absolute Gasteiger partial charge is 0.508 e. The Labute approximate surface area is 82.9 Å². The van der Waals surface area contributed by atoms with Gasteiger partial charge in [-0.25, -0.2) is 0 Å². The third-order valence-corrected chi connectivity index (χ3v) is 3.08. The topological polar surface area (TPSA) is 26.3 Å². The Morgan fingerprint density at radius 2 is 1.69 bits per heavy atom. The molecule has 0 saturated heterocycles. The van der Waals surface area contributed by atoms with Crippen LogP contribution in [0.4, 0.5) is 0 Å². The van der Waals surface area contributed by atoms with Crippen LogP contribution in [0.5, 0.6) is 0 Å². The van der Waals surface area contributed by atoms with E-state index < -0.39 is 8.03 Å². The van der Waals surface area contributed by atoms with E-state index in [1.165, 1.54) is 19.3 Å². The van der Waals surface area contributed by atoms with Gasteiger partial charge in [0, 0.05) is 0 Å². The van der Waals surface area contributed by atoms with Crippen LogP contribution in [0.15, 0.2) is 0 Å². The first-order valence-corrected chi connectivity index (χ1v) is 6.75. The van der Waals surface area contributed by atoms with Crippen molar-refractivity contribution in [2.24, 2.45) is 0 Å². The lowest BCUT2D eigenvalue weighted by Gasteiger charge is -1.93. The molecule has 78 valence electrons. The molecule has 0 aromatic carbocycles. The minimum absolute atomic E-state index is 0.679. The molecule has 1 unspecified atom stereocenters. The predicted molar refractivity (Wildman–Crippen MR) is 57.5 cm³/mol.